The van der Waals surface area contributed by atoms with Crippen LogP contribution in [0.4, 0.5) is 0 Å². The molecule has 4 heterocycles. The summed E-state index contributed by atoms with van der Waals surface area (Å²) in [4.78, 5) is 9.00. The Balaban J connectivity index is 0.000000193. The first kappa shape index (κ1) is 31.3. The number of hydrogen-bond donors (Lipinski definition) is 0. The zero-order valence-electron chi connectivity index (χ0n) is 26.7. The molecule has 0 aliphatic carbocycles. The first-order valence-electron chi connectivity index (χ1n) is 15.6. The van der Waals surface area contributed by atoms with Gasteiger partial charge in [-0.2, -0.15) is 0 Å². The van der Waals surface area contributed by atoms with Gasteiger partial charge in [-0.05, 0) is 66.2 Å². The topological polar surface area (TPSA) is 52.1 Å². The Morgan fingerprint density at radius 3 is 2.04 bits per heavy atom. The quantitative estimate of drug-likeness (QED) is 0.167. The summed E-state index contributed by atoms with van der Waals surface area (Å²) in [5.74, 6) is 0. The SMILES string of the molecule is Cc1c[c-]c(-c2cc(C)c(C)cn2)cc1.[Ir].[c-]1ccccc1-c1cc(-c2cc3c4ccccc4oc3c3oc4ccccc4c23)ccn1. The zero-order valence-corrected chi connectivity index (χ0v) is 29.1. The van der Waals surface area contributed by atoms with E-state index in [2.05, 4.69) is 91.4 Å². The number of hydrogen-bond acceptors (Lipinski definition) is 4. The third kappa shape index (κ3) is 5.73. The van der Waals surface area contributed by atoms with Gasteiger partial charge >= 0.3 is 0 Å². The summed E-state index contributed by atoms with van der Waals surface area (Å²) in [5, 5.41) is 4.26. The minimum atomic E-state index is 0. The summed E-state index contributed by atoms with van der Waals surface area (Å²) >= 11 is 0. The summed E-state index contributed by atoms with van der Waals surface area (Å²) in [6.45, 7) is 6.24. The molecule has 0 aliphatic rings. The molecule has 9 aromatic rings. The normalized spacial score (nSPS) is 11.1. The molecule has 0 saturated heterocycles. The summed E-state index contributed by atoms with van der Waals surface area (Å²) in [7, 11) is 0. The van der Waals surface area contributed by atoms with Crippen molar-refractivity contribution in [3.63, 3.8) is 0 Å². The average molecular weight is 799 g/mol. The fourth-order valence-corrected chi connectivity index (χ4v) is 6.03. The number of aromatic nitrogens is 2. The van der Waals surface area contributed by atoms with Crippen molar-refractivity contribution in [1.82, 2.24) is 9.97 Å². The van der Waals surface area contributed by atoms with Gasteiger partial charge in [-0.15, -0.1) is 71.3 Å². The van der Waals surface area contributed by atoms with Gasteiger partial charge in [0.2, 0.25) is 0 Å². The van der Waals surface area contributed by atoms with Crippen LogP contribution in [0, 0.1) is 32.9 Å². The Hall–Kier alpha value is -5.35. The Bertz CT molecular complexity index is 2550. The number of para-hydroxylation sites is 2. The number of benzene rings is 5. The molecule has 235 valence electrons. The van der Waals surface area contributed by atoms with E-state index < -0.39 is 0 Å². The van der Waals surface area contributed by atoms with Crippen molar-refractivity contribution >= 4 is 43.9 Å². The second-order valence-electron chi connectivity index (χ2n) is 11.8. The van der Waals surface area contributed by atoms with E-state index in [4.69, 9.17) is 8.83 Å². The Morgan fingerprint density at radius 2 is 1.29 bits per heavy atom. The molecule has 4 aromatic heterocycles. The van der Waals surface area contributed by atoms with E-state index in [0.717, 1.165) is 77.5 Å². The van der Waals surface area contributed by atoms with Gasteiger partial charge in [0.1, 0.15) is 11.2 Å². The van der Waals surface area contributed by atoms with Crippen LogP contribution < -0.4 is 0 Å². The molecule has 48 heavy (non-hydrogen) atoms. The summed E-state index contributed by atoms with van der Waals surface area (Å²) in [6, 6.07) is 45.3. The number of nitrogens with zero attached hydrogens (tertiary/aromatic N) is 2. The summed E-state index contributed by atoms with van der Waals surface area (Å²) < 4.78 is 12.6. The van der Waals surface area contributed by atoms with Crippen LogP contribution in [0.15, 0.2) is 136 Å². The maximum atomic E-state index is 6.36. The third-order valence-corrected chi connectivity index (χ3v) is 8.67. The van der Waals surface area contributed by atoms with Crippen LogP contribution in [0.1, 0.15) is 16.7 Å². The number of pyridine rings is 2. The average Bonchev–Trinajstić information content (AvgIpc) is 3.69. The van der Waals surface area contributed by atoms with E-state index in [0.29, 0.717) is 0 Å². The molecule has 0 atom stereocenters. The van der Waals surface area contributed by atoms with E-state index in [1.807, 2.05) is 79.1 Å². The molecule has 0 bridgehead atoms. The monoisotopic (exact) mass is 799 g/mol. The van der Waals surface area contributed by atoms with E-state index in [1.165, 1.54) is 16.7 Å². The number of fused-ring (bicyclic) bond motifs is 7. The summed E-state index contributed by atoms with van der Waals surface area (Å²) in [6.07, 6.45) is 3.77. The zero-order chi connectivity index (χ0) is 31.9. The molecule has 5 aromatic carbocycles. The Kier molecular flexibility index (Phi) is 8.49. The van der Waals surface area contributed by atoms with Gasteiger partial charge in [0.05, 0.1) is 0 Å². The molecule has 9 rings (SSSR count). The molecule has 0 unspecified atom stereocenters. The molecule has 0 amide bonds. The summed E-state index contributed by atoms with van der Waals surface area (Å²) in [5.41, 5.74) is 13.1. The molecule has 0 fully saturated rings. The minimum Gasteiger partial charge on any atom is -0.452 e. The van der Waals surface area contributed by atoms with Crippen LogP contribution in [0.25, 0.3) is 77.5 Å². The van der Waals surface area contributed by atoms with Crippen molar-refractivity contribution in [3.8, 4) is 33.6 Å². The molecule has 1 radical (unpaired) electrons. The van der Waals surface area contributed by atoms with Crippen LogP contribution >= 0.6 is 0 Å². The van der Waals surface area contributed by atoms with Crippen LogP contribution in [-0.4, -0.2) is 9.97 Å². The number of rotatable bonds is 3. The molecular weight excluding hydrogens is 769 g/mol. The maximum Gasteiger partial charge on any atom is 0.179 e. The van der Waals surface area contributed by atoms with Gasteiger partial charge in [-0.3, -0.25) is 0 Å². The van der Waals surface area contributed by atoms with Crippen LogP contribution in [-0.2, 0) is 20.1 Å². The first-order chi connectivity index (χ1) is 23.0. The second-order valence-corrected chi connectivity index (χ2v) is 11.8. The van der Waals surface area contributed by atoms with Crippen molar-refractivity contribution in [2.24, 2.45) is 0 Å². The molecule has 0 spiro atoms. The Morgan fingerprint density at radius 1 is 0.583 bits per heavy atom. The number of furan rings is 2. The molecule has 0 saturated carbocycles. The maximum absolute atomic E-state index is 6.36. The fourth-order valence-electron chi connectivity index (χ4n) is 6.03. The van der Waals surface area contributed by atoms with Gasteiger partial charge in [0.25, 0.3) is 0 Å². The smallest absolute Gasteiger partial charge is 0.179 e. The van der Waals surface area contributed by atoms with Crippen molar-refractivity contribution in [2.45, 2.75) is 20.8 Å². The fraction of sp³-hybridized carbons (Fsp3) is 0.0698. The Labute approximate surface area is 292 Å². The third-order valence-electron chi connectivity index (χ3n) is 8.67. The predicted molar refractivity (Wildman–Crippen MR) is 191 cm³/mol. The van der Waals surface area contributed by atoms with Crippen molar-refractivity contribution in [3.05, 3.63) is 156 Å². The van der Waals surface area contributed by atoms with Crippen LogP contribution in [0.5, 0.6) is 0 Å². The van der Waals surface area contributed by atoms with Crippen LogP contribution in [0.2, 0.25) is 0 Å². The molecule has 5 heteroatoms. The van der Waals surface area contributed by atoms with Gasteiger partial charge in [0.15, 0.2) is 11.2 Å². The van der Waals surface area contributed by atoms with Gasteiger partial charge in [0, 0.05) is 54.0 Å². The van der Waals surface area contributed by atoms with Crippen molar-refractivity contribution in [2.75, 3.05) is 0 Å². The van der Waals surface area contributed by atoms with E-state index in [-0.39, 0.29) is 20.1 Å². The van der Waals surface area contributed by atoms with Gasteiger partial charge in [-0.1, -0.05) is 61.0 Å². The van der Waals surface area contributed by atoms with E-state index >= 15 is 0 Å². The largest absolute Gasteiger partial charge is 0.452 e. The van der Waals surface area contributed by atoms with Crippen molar-refractivity contribution in [1.29, 1.82) is 0 Å². The second kappa shape index (κ2) is 13.0. The molecule has 0 N–H and O–H groups in total. The first-order valence-corrected chi connectivity index (χ1v) is 15.6. The van der Waals surface area contributed by atoms with Gasteiger partial charge < -0.3 is 18.8 Å². The standard InChI is InChI=1S/C29H16NO2.C14H14N.Ir/c1-2-8-18(9-3-1)24-16-19(14-15-30-24)22-17-23-20-10-4-6-12-25(20)31-28(23)29-27(22)21-11-5-7-13-26(21)32-29;1-10-4-6-13(7-5-10)14-8-11(2)12(3)9-15-14;/h1-8,10-17H;4-6,8-9H,1-3H3;/q2*-1;. The molecule has 4 nitrogen and oxygen atoms in total. The predicted octanol–water partition coefficient (Wildman–Crippen LogP) is 11.5. The van der Waals surface area contributed by atoms with Gasteiger partial charge in [-0.25, -0.2) is 0 Å². The van der Waals surface area contributed by atoms with E-state index in [9.17, 15) is 0 Å². The van der Waals surface area contributed by atoms with Crippen LogP contribution in [0.3, 0.4) is 0 Å². The van der Waals surface area contributed by atoms with Crippen molar-refractivity contribution < 1.29 is 28.9 Å². The number of aryl methyl sites for hydroxylation is 3. The van der Waals surface area contributed by atoms with E-state index in [1.54, 1.807) is 0 Å². The molecular formula is C43H30IrN2O2-2. The minimum absolute atomic E-state index is 0. The molecule has 0 aliphatic heterocycles.